The normalized spacial score (nSPS) is 14.2. The molecule has 0 bridgehead atoms. The number of aromatic nitrogens is 3. The third-order valence-electron chi connectivity index (χ3n) is 5.98. The van der Waals surface area contributed by atoms with Gasteiger partial charge in [-0.2, -0.15) is 0 Å². The van der Waals surface area contributed by atoms with Gasteiger partial charge in [-0.25, -0.2) is 9.48 Å². The van der Waals surface area contributed by atoms with Crippen LogP contribution in [0.3, 0.4) is 0 Å². The van der Waals surface area contributed by atoms with E-state index in [-0.39, 0.29) is 12.7 Å². The van der Waals surface area contributed by atoms with E-state index in [1.807, 2.05) is 49.5 Å². The van der Waals surface area contributed by atoms with Crippen molar-refractivity contribution in [1.29, 1.82) is 0 Å². The summed E-state index contributed by atoms with van der Waals surface area (Å²) >= 11 is 0. The first kappa shape index (κ1) is 21.9. The highest BCUT2D eigenvalue weighted by atomic mass is 16.6. The Morgan fingerprint density at radius 2 is 1.81 bits per heavy atom. The molecular weight excluding hydrogens is 402 g/mol. The van der Waals surface area contributed by atoms with Crippen molar-refractivity contribution in [3.8, 4) is 11.3 Å². The number of hydrogen-bond donors (Lipinski definition) is 1. The number of benzene rings is 2. The van der Waals surface area contributed by atoms with Gasteiger partial charge in [0.25, 0.3) is 0 Å². The summed E-state index contributed by atoms with van der Waals surface area (Å²) in [6.07, 6.45) is 6.04. The van der Waals surface area contributed by atoms with E-state index >= 15 is 0 Å². The maximum Gasteiger partial charge on any atom is 0.410 e. The lowest BCUT2D eigenvalue weighted by Gasteiger charge is -2.23. The Labute approximate surface area is 189 Å². The van der Waals surface area contributed by atoms with Crippen LogP contribution in [-0.2, 0) is 24.9 Å². The SMILES string of the molecule is CN(Cc1ccccc1)C(=O)OCc1c(-c2ccc(NC3CCCCC3)cc2)nnn1C. The number of amides is 1. The molecule has 1 N–H and O–H groups in total. The topological polar surface area (TPSA) is 72.3 Å². The zero-order chi connectivity index (χ0) is 22.3. The second-order valence-corrected chi connectivity index (χ2v) is 8.46. The van der Waals surface area contributed by atoms with Crippen LogP contribution in [-0.4, -0.2) is 39.1 Å². The molecule has 1 saturated carbocycles. The fourth-order valence-corrected chi connectivity index (χ4v) is 4.13. The zero-order valence-corrected chi connectivity index (χ0v) is 18.8. The monoisotopic (exact) mass is 433 g/mol. The standard InChI is InChI=1S/C25H31N5O2/c1-29(17-19-9-5-3-6-10-19)25(31)32-18-23-24(27-28-30(23)2)20-13-15-22(16-14-20)26-21-11-7-4-8-12-21/h3,5-6,9-10,13-16,21,26H,4,7-8,11-12,17-18H2,1-2H3. The maximum atomic E-state index is 12.5. The zero-order valence-electron chi connectivity index (χ0n) is 18.8. The van der Waals surface area contributed by atoms with Gasteiger partial charge in [0.05, 0.1) is 0 Å². The lowest BCUT2D eigenvalue weighted by molar-refractivity contribution is 0.101. The average molecular weight is 434 g/mol. The highest BCUT2D eigenvalue weighted by Crippen LogP contribution is 2.26. The number of carbonyl (C=O) groups excluding carboxylic acids is 1. The van der Waals surface area contributed by atoms with Crippen LogP contribution in [0.4, 0.5) is 10.5 Å². The second-order valence-electron chi connectivity index (χ2n) is 8.46. The molecule has 1 aromatic heterocycles. The van der Waals surface area contributed by atoms with E-state index < -0.39 is 0 Å². The fraction of sp³-hybridized carbons (Fsp3) is 0.400. The largest absolute Gasteiger partial charge is 0.443 e. The van der Waals surface area contributed by atoms with Crippen molar-refractivity contribution in [3.05, 3.63) is 65.9 Å². The molecule has 1 aliphatic carbocycles. The summed E-state index contributed by atoms with van der Waals surface area (Å²) < 4.78 is 7.22. The molecule has 7 heteroatoms. The minimum atomic E-state index is -0.381. The van der Waals surface area contributed by atoms with Crippen molar-refractivity contribution in [2.75, 3.05) is 12.4 Å². The third kappa shape index (κ3) is 5.46. The molecular formula is C25H31N5O2. The van der Waals surface area contributed by atoms with E-state index in [1.165, 1.54) is 32.1 Å². The number of nitrogens with zero attached hydrogens (tertiary/aromatic N) is 4. The Balaban J connectivity index is 1.38. The Hall–Kier alpha value is -3.35. The molecule has 0 aliphatic heterocycles. The Kier molecular flexibility index (Phi) is 7.04. The minimum absolute atomic E-state index is 0.110. The number of carbonyl (C=O) groups is 1. The van der Waals surface area contributed by atoms with Crippen molar-refractivity contribution in [1.82, 2.24) is 19.9 Å². The van der Waals surface area contributed by atoms with E-state index in [4.69, 9.17) is 4.74 Å². The number of hydrogen-bond acceptors (Lipinski definition) is 5. The minimum Gasteiger partial charge on any atom is -0.443 e. The number of aryl methyl sites for hydroxylation is 1. The van der Waals surface area contributed by atoms with Crippen molar-refractivity contribution < 1.29 is 9.53 Å². The third-order valence-corrected chi connectivity index (χ3v) is 5.98. The van der Waals surface area contributed by atoms with Crippen LogP contribution in [0, 0.1) is 0 Å². The molecule has 1 heterocycles. The van der Waals surface area contributed by atoms with Gasteiger partial charge >= 0.3 is 6.09 Å². The summed E-state index contributed by atoms with van der Waals surface area (Å²) in [6, 6.07) is 18.7. The van der Waals surface area contributed by atoms with Gasteiger partial charge in [0.1, 0.15) is 18.0 Å². The molecule has 32 heavy (non-hydrogen) atoms. The lowest BCUT2D eigenvalue weighted by atomic mass is 9.95. The molecule has 1 aliphatic rings. The van der Waals surface area contributed by atoms with Crippen LogP contribution in [0.25, 0.3) is 11.3 Å². The Bertz CT molecular complexity index is 1010. The van der Waals surface area contributed by atoms with Gasteiger partial charge < -0.3 is 15.0 Å². The maximum absolute atomic E-state index is 12.5. The molecule has 0 unspecified atom stereocenters. The Morgan fingerprint density at radius 1 is 1.09 bits per heavy atom. The second kappa shape index (κ2) is 10.3. The molecule has 0 radical (unpaired) electrons. The average Bonchev–Trinajstić information content (AvgIpc) is 3.19. The van der Waals surface area contributed by atoms with Crippen molar-refractivity contribution in [3.63, 3.8) is 0 Å². The molecule has 1 amide bonds. The summed E-state index contributed by atoms with van der Waals surface area (Å²) in [4.78, 5) is 14.0. The molecule has 0 atom stereocenters. The van der Waals surface area contributed by atoms with Gasteiger partial charge in [0, 0.05) is 37.9 Å². The molecule has 3 aromatic rings. The predicted molar refractivity (Wildman–Crippen MR) is 125 cm³/mol. The number of rotatable bonds is 7. The first-order valence-corrected chi connectivity index (χ1v) is 11.3. The summed E-state index contributed by atoms with van der Waals surface area (Å²) in [5.41, 5.74) is 4.63. The van der Waals surface area contributed by atoms with Crippen LogP contribution in [0.1, 0.15) is 43.4 Å². The van der Waals surface area contributed by atoms with E-state index in [9.17, 15) is 4.79 Å². The van der Waals surface area contributed by atoms with Crippen LogP contribution in [0.2, 0.25) is 0 Å². The van der Waals surface area contributed by atoms with Crippen LogP contribution < -0.4 is 5.32 Å². The first-order chi connectivity index (χ1) is 15.6. The molecule has 7 nitrogen and oxygen atoms in total. The summed E-state index contributed by atoms with van der Waals surface area (Å²) in [5.74, 6) is 0. The number of ether oxygens (including phenoxy) is 1. The van der Waals surface area contributed by atoms with Gasteiger partial charge in [-0.05, 0) is 30.5 Å². The number of anilines is 1. The van der Waals surface area contributed by atoms with Gasteiger partial charge in [-0.15, -0.1) is 5.10 Å². The highest BCUT2D eigenvalue weighted by Gasteiger charge is 2.18. The van der Waals surface area contributed by atoms with Gasteiger partial charge in [-0.3, -0.25) is 0 Å². The molecule has 0 saturated heterocycles. The highest BCUT2D eigenvalue weighted by molar-refractivity contribution is 5.68. The number of nitrogens with one attached hydrogen (secondary N) is 1. The summed E-state index contributed by atoms with van der Waals surface area (Å²) in [5, 5.41) is 12.1. The molecule has 168 valence electrons. The van der Waals surface area contributed by atoms with Crippen molar-refractivity contribution in [2.24, 2.45) is 7.05 Å². The van der Waals surface area contributed by atoms with E-state index in [0.29, 0.717) is 12.6 Å². The van der Waals surface area contributed by atoms with E-state index in [1.54, 1.807) is 16.6 Å². The summed E-state index contributed by atoms with van der Waals surface area (Å²) in [6.45, 7) is 0.602. The summed E-state index contributed by atoms with van der Waals surface area (Å²) in [7, 11) is 3.54. The van der Waals surface area contributed by atoms with Crippen LogP contribution >= 0.6 is 0 Å². The molecule has 4 rings (SSSR count). The van der Waals surface area contributed by atoms with E-state index in [2.05, 4.69) is 27.8 Å². The van der Waals surface area contributed by atoms with Gasteiger partial charge in [0.15, 0.2) is 0 Å². The van der Waals surface area contributed by atoms with E-state index in [0.717, 1.165) is 28.2 Å². The van der Waals surface area contributed by atoms with Crippen LogP contribution in [0.5, 0.6) is 0 Å². The first-order valence-electron chi connectivity index (χ1n) is 11.3. The lowest BCUT2D eigenvalue weighted by Crippen LogP contribution is -2.27. The van der Waals surface area contributed by atoms with Crippen LogP contribution in [0.15, 0.2) is 54.6 Å². The predicted octanol–water partition coefficient (Wildman–Crippen LogP) is 5.00. The smallest absolute Gasteiger partial charge is 0.410 e. The Morgan fingerprint density at radius 3 is 2.53 bits per heavy atom. The quantitative estimate of drug-likeness (QED) is 0.568. The fourth-order valence-electron chi connectivity index (χ4n) is 4.13. The van der Waals surface area contributed by atoms with Crippen molar-refractivity contribution in [2.45, 2.75) is 51.3 Å². The van der Waals surface area contributed by atoms with Crippen molar-refractivity contribution >= 4 is 11.8 Å². The van der Waals surface area contributed by atoms with Gasteiger partial charge in [-0.1, -0.05) is 66.9 Å². The molecule has 0 spiro atoms. The molecule has 1 fully saturated rings. The molecule has 2 aromatic carbocycles. The van der Waals surface area contributed by atoms with Gasteiger partial charge in [0.2, 0.25) is 0 Å².